The van der Waals surface area contributed by atoms with Crippen molar-refractivity contribution in [1.29, 1.82) is 0 Å². The predicted molar refractivity (Wildman–Crippen MR) is 106 cm³/mol. The van der Waals surface area contributed by atoms with E-state index in [0.717, 1.165) is 28.1 Å². The second kappa shape index (κ2) is 6.75. The molecule has 1 aliphatic rings. The van der Waals surface area contributed by atoms with Gasteiger partial charge in [-0.3, -0.25) is 0 Å². The van der Waals surface area contributed by atoms with E-state index in [-0.39, 0.29) is 18.4 Å². The van der Waals surface area contributed by atoms with Crippen molar-refractivity contribution >= 4 is 38.1 Å². The van der Waals surface area contributed by atoms with Crippen LogP contribution in [0.4, 0.5) is 16.5 Å². The molecule has 6 nitrogen and oxygen atoms in total. The molecular weight excluding hydrogens is 348 g/mol. The van der Waals surface area contributed by atoms with Crippen LogP contribution >= 0.6 is 11.3 Å². The van der Waals surface area contributed by atoms with E-state index in [0.29, 0.717) is 17.2 Å². The molecule has 3 aromatic rings. The fraction of sp³-hybridized carbons (Fsp3) is 0.211. The van der Waals surface area contributed by atoms with Gasteiger partial charge in [0.05, 0.1) is 35.3 Å². The summed E-state index contributed by atoms with van der Waals surface area (Å²) in [6, 6.07) is 9.60. The van der Waals surface area contributed by atoms with E-state index in [1.54, 1.807) is 6.07 Å². The molecular formula is C19H18N4O2S. The van der Waals surface area contributed by atoms with E-state index in [9.17, 15) is 10.2 Å². The summed E-state index contributed by atoms with van der Waals surface area (Å²) >= 11 is 1.33. The molecule has 0 aliphatic carbocycles. The molecule has 1 atom stereocenters. The molecule has 1 unspecified atom stereocenters. The minimum Gasteiger partial charge on any atom is -0.506 e. The average Bonchev–Trinajstić information content (AvgIpc) is 3.21. The number of anilines is 3. The summed E-state index contributed by atoms with van der Waals surface area (Å²) in [5, 5.41) is 26.4. The summed E-state index contributed by atoms with van der Waals surface area (Å²) in [5.41, 5.74) is 10.1. The van der Waals surface area contributed by atoms with Crippen molar-refractivity contribution in [2.45, 2.75) is 12.5 Å². The Morgan fingerprint density at radius 2 is 2.27 bits per heavy atom. The first kappa shape index (κ1) is 16.5. The van der Waals surface area contributed by atoms with Crippen molar-refractivity contribution in [2.75, 3.05) is 29.5 Å². The summed E-state index contributed by atoms with van der Waals surface area (Å²) in [6.45, 7) is 0.577. The van der Waals surface area contributed by atoms with Gasteiger partial charge in [0.1, 0.15) is 11.3 Å². The number of hydrogen-bond donors (Lipinski definition) is 5. The number of thiazole rings is 1. The fourth-order valence-electron chi connectivity index (χ4n) is 3.11. The van der Waals surface area contributed by atoms with Gasteiger partial charge in [-0.15, -0.1) is 0 Å². The second-order valence-electron chi connectivity index (χ2n) is 6.12. The Morgan fingerprint density at radius 3 is 3.12 bits per heavy atom. The van der Waals surface area contributed by atoms with E-state index in [2.05, 4.69) is 33.5 Å². The summed E-state index contributed by atoms with van der Waals surface area (Å²) in [6.07, 6.45) is 0.824. The summed E-state index contributed by atoms with van der Waals surface area (Å²) in [7, 11) is 0. The van der Waals surface area contributed by atoms with E-state index in [4.69, 9.17) is 5.73 Å². The molecule has 0 fully saturated rings. The van der Waals surface area contributed by atoms with E-state index in [1.165, 1.54) is 16.9 Å². The Balaban J connectivity index is 1.48. The number of aromatic nitrogens is 1. The smallest absolute Gasteiger partial charge is 0.181 e. The largest absolute Gasteiger partial charge is 0.506 e. The van der Waals surface area contributed by atoms with E-state index < -0.39 is 0 Å². The summed E-state index contributed by atoms with van der Waals surface area (Å²) in [4.78, 5) is 4.10. The molecule has 0 saturated heterocycles. The van der Waals surface area contributed by atoms with Crippen LogP contribution in [0.1, 0.15) is 11.1 Å². The molecule has 1 aliphatic heterocycles. The number of nitrogens with two attached hydrogens (primary N) is 1. The maximum Gasteiger partial charge on any atom is 0.181 e. The maximum absolute atomic E-state index is 10.0. The average molecular weight is 366 g/mol. The van der Waals surface area contributed by atoms with Crippen LogP contribution in [0, 0.1) is 11.8 Å². The zero-order chi connectivity index (χ0) is 18.1. The number of fused-ring (bicyclic) bond motifs is 2. The van der Waals surface area contributed by atoms with Gasteiger partial charge in [0.25, 0.3) is 0 Å². The molecule has 0 bridgehead atoms. The quantitative estimate of drug-likeness (QED) is 0.456. The molecule has 7 heteroatoms. The molecule has 2 heterocycles. The number of nitrogens with zero attached hydrogens (tertiary/aromatic N) is 1. The van der Waals surface area contributed by atoms with Gasteiger partial charge in [0.15, 0.2) is 5.13 Å². The highest BCUT2D eigenvalue weighted by atomic mass is 32.1. The third kappa shape index (κ3) is 3.12. The lowest BCUT2D eigenvalue weighted by molar-refractivity contribution is 0.277. The topological polar surface area (TPSA) is 103 Å². The standard InChI is InChI=1S/C19H18N4O2S/c20-19-23-18-15(25)7-11(8-16(18)26-19)3-2-6-21-14-5-1-4-12-9-13(10-24)22-17(12)14/h1,4-5,7-8,13,21-22,24-25H,6,9-10H2,(H2,20,23). The lowest BCUT2D eigenvalue weighted by Crippen LogP contribution is -2.19. The van der Waals surface area contributed by atoms with Crippen molar-refractivity contribution in [3.8, 4) is 17.6 Å². The summed E-state index contributed by atoms with van der Waals surface area (Å²) in [5.74, 6) is 6.21. The van der Waals surface area contributed by atoms with Gasteiger partial charge in [0.2, 0.25) is 0 Å². The molecule has 0 spiro atoms. The number of aliphatic hydroxyl groups excluding tert-OH is 1. The second-order valence-corrected chi connectivity index (χ2v) is 7.18. The number of phenolic OH excluding ortho intramolecular Hbond substituents is 1. The number of para-hydroxylation sites is 1. The highest BCUT2D eigenvalue weighted by Crippen LogP contribution is 2.33. The molecule has 26 heavy (non-hydrogen) atoms. The van der Waals surface area contributed by atoms with Gasteiger partial charge in [-0.1, -0.05) is 35.3 Å². The number of nitrogen functional groups attached to an aromatic ring is 1. The lowest BCUT2D eigenvalue weighted by Gasteiger charge is -2.11. The predicted octanol–water partition coefficient (Wildman–Crippen LogP) is 2.38. The molecule has 0 saturated carbocycles. The van der Waals surface area contributed by atoms with Crippen LogP contribution in [-0.2, 0) is 6.42 Å². The van der Waals surface area contributed by atoms with Crippen LogP contribution in [0.25, 0.3) is 10.2 Å². The first-order valence-corrected chi connectivity index (χ1v) is 9.07. The van der Waals surface area contributed by atoms with Crippen LogP contribution in [0.2, 0.25) is 0 Å². The number of aliphatic hydroxyl groups is 1. The first-order chi connectivity index (χ1) is 12.6. The Bertz CT molecular complexity index is 1040. The van der Waals surface area contributed by atoms with Crippen LogP contribution < -0.4 is 16.4 Å². The van der Waals surface area contributed by atoms with Crippen molar-refractivity contribution in [3.05, 3.63) is 41.5 Å². The Kier molecular flexibility index (Phi) is 4.29. The molecule has 0 radical (unpaired) electrons. The summed E-state index contributed by atoms with van der Waals surface area (Å²) < 4.78 is 0.819. The van der Waals surface area contributed by atoms with Crippen LogP contribution in [0.15, 0.2) is 30.3 Å². The van der Waals surface area contributed by atoms with E-state index in [1.807, 2.05) is 18.2 Å². The SMILES string of the molecule is Nc1nc2c(O)cc(C#CCNc3cccc4c3NC(CO)C4)cc2s1. The number of hydrogen-bond acceptors (Lipinski definition) is 7. The number of rotatable bonds is 3. The molecule has 6 N–H and O–H groups in total. The fourth-order valence-corrected chi connectivity index (χ4v) is 3.90. The minimum absolute atomic E-state index is 0.0700. The van der Waals surface area contributed by atoms with Gasteiger partial charge in [0, 0.05) is 5.56 Å². The zero-order valence-corrected chi connectivity index (χ0v) is 14.7. The highest BCUT2D eigenvalue weighted by molar-refractivity contribution is 7.22. The van der Waals surface area contributed by atoms with Crippen molar-refractivity contribution in [1.82, 2.24) is 4.98 Å². The van der Waals surface area contributed by atoms with Crippen LogP contribution in [-0.4, -0.2) is 34.4 Å². The van der Waals surface area contributed by atoms with E-state index >= 15 is 0 Å². The van der Waals surface area contributed by atoms with Gasteiger partial charge < -0.3 is 26.6 Å². The van der Waals surface area contributed by atoms with Gasteiger partial charge >= 0.3 is 0 Å². The number of nitrogens with one attached hydrogen (secondary N) is 2. The number of phenols is 1. The van der Waals surface area contributed by atoms with Gasteiger partial charge in [-0.05, 0) is 30.2 Å². The molecule has 1 aromatic heterocycles. The lowest BCUT2D eigenvalue weighted by atomic mass is 10.1. The Labute approximate surface area is 154 Å². The Hall–Kier alpha value is -2.95. The third-order valence-corrected chi connectivity index (χ3v) is 5.11. The Morgan fingerprint density at radius 1 is 1.38 bits per heavy atom. The molecule has 2 aromatic carbocycles. The monoisotopic (exact) mass is 366 g/mol. The minimum atomic E-state index is 0.0700. The van der Waals surface area contributed by atoms with Crippen LogP contribution in [0.3, 0.4) is 0 Å². The van der Waals surface area contributed by atoms with Crippen LogP contribution in [0.5, 0.6) is 5.75 Å². The number of aromatic hydroxyl groups is 1. The molecule has 0 amide bonds. The highest BCUT2D eigenvalue weighted by Gasteiger charge is 2.21. The van der Waals surface area contributed by atoms with Crippen molar-refractivity contribution in [3.63, 3.8) is 0 Å². The van der Waals surface area contributed by atoms with Crippen molar-refractivity contribution < 1.29 is 10.2 Å². The number of benzene rings is 2. The first-order valence-electron chi connectivity index (χ1n) is 8.25. The van der Waals surface area contributed by atoms with Crippen molar-refractivity contribution in [2.24, 2.45) is 0 Å². The molecule has 4 rings (SSSR count). The third-order valence-electron chi connectivity index (χ3n) is 4.28. The maximum atomic E-state index is 10.0. The molecule has 132 valence electrons. The zero-order valence-electron chi connectivity index (χ0n) is 13.9. The van der Waals surface area contributed by atoms with Gasteiger partial charge in [-0.25, -0.2) is 4.98 Å². The van der Waals surface area contributed by atoms with Gasteiger partial charge in [-0.2, -0.15) is 0 Å². The normalized spacial score (nSPS) is 15.2.